The zero-order chi connectivity index (χ0) is 8.55. The molecular weight excluding hydrogens is 164 g/mol. The summed E-state index contributed by atoms with van der Waals surface area (Å²) in [6, 6.07) is 1.38. The van der Waals surface area contributed by atoms with Crippen LogP contribution in [0.5, 0.6) is 0 Å². The Morgan fingerprint density at radius 3 is 2.75 bits per heavy atom. The third-order valence-corrected chi connectivity index (χ3v) is 1.21. The van der Waals surface area contributed by atoms with E-state index >= 15 is 0 Å². The minimum absolute atomic E-state index is 0.0814. The maximum absolute atomic E-state index is 10.6. The normalized spacial score (nSPS) is 10.3. The minimum Gasteiger partial charge on any atom is -0.412 e. The first-order chi connectivity index (χ1) is 5.77. The highest BCUT2D eigenvalue weighted by molar-refractivity contribution is 5.62. The van der Waals surface area contributed by atoms with E-state index in [1.165, 1.54) is 12.3 Å². The van der Waals surface area contributed by atoms with Crippen molar-refractivity contribution in [3.05, 3.63) is 33.1 Å². The molecule has 0 amide bonds. The van der Waals surface area contributed by atoms with Crippen molar-refractivity contribution in [2.75, 3.05) is 0 Å². The van der Waals surface area contributed by atoms with Gasteiger partial charge in [0.05, 0.1) is 6.20 Å². The number of rotatable bonds is 0. The Kier molecular flexibility index (Phi) is 1.26. The number of hydrogen-bond acceptors (Lipinski definition) is 6. The quantitative estimate of drug-likeness (QED) is 0.492. The average molecular weight is 166 g/mol. The molecule has 0 spiro atoms. The Balaban J connectivity index is 3.03. The van der Waals surface area contributed by atoms with Gasteiger partial charge in [-0.15, -0.1) is 5.10 Å². The van der Waals surface area contributed by atoms with Crippen LogP contribution in [0.4, 0.5) is 0 Å². The summed E-state index contributed by atoms with van der Waals surface area (Å²) in [5.41, 5.74) is -2.10. The van der Waals surface area contributed by atoms with Gasteiger partial charge >= 0.3 is 11.3 Å². The lowest BCUT2D eigenvalue weighted by molar-refractivity contribution is 0.439. The van der Waals surface area contributed by atoms with E-state index in [1.807, 2.05) is 0 Å². The van der Waals surface area contributed by atoms with Gasteiger partial charge < -0.3 is 8.83 Å². The van der Waals surface area contributed by atoms with Gasteiger partial charge in [0.25, 0.3) is 5.71 Å². The van der Waals surface area contributed by atoms with E-state index in [9.17, 15) is 9.59 Å². The van der Waals surface area contributed by atoms with Gasteiger partial charge in [-0.25, -0.2) is 9.59 Å². The first-order valence-corrected chi connectivity index (χ1v) is 3.03. The molecule has 12 heavy (non-hydrogen) atoms. The average Bonchev–Trinajstić information content (AvgIpc) is 2.07. The third-order valence-electron chi connectivity index (χ3n) is 1.21. The molecule has 0 unspecified atom stereocenters. The number of aromatic nitrogens is 2. The maximum atomic E-state index is 10.6. The minimum atomic E-state index is -1.08. The van der Waals surface area contributed by atoms with Crippen molar-refractivity contribution in [3.63, 3.8) is 0 Å². The Morgan fingerprint density at radius 1 is 1.17 bits per heavy atom. The van der Waals surface area contributed by atoms with Crippen molar-refractivity contribution in [2.45, 2.75) is 0 Å². The molecule has 0 saturated carbocycles. The second-order valence-electron chi connectivity index (χ2n) is 1.98. The zero-order valence-electron chi connectivity index (χ0n) is 5.68. The Bertz CT molecular complexity index is 478. The number of hydrogen-bond donors (Lipinski definition) is 0. The lowest BCUT2D eigenvalue weighted by atomic mass is 10.5. The second kappa shape index (κ2) is 2.26. The third kappa shape index (κ3) is 0.895. The highest BCUT2D eigenvalue weighted by Crippen LogP contribution is 2.01. The summed E-state index contributed by atoms with van der Waals surface area (Å²) >= 11 is 0. The molecule has 0 saturated heterocycles. The molecule has 2 aromatic heterocycles. The van der Waals surface area contributed by atoms with Crippen LogP contribution in [0.3, 0.4) is 0 Å². The molecule has 0 aromatic carbocycles. The summed E-state index contributed by atoms with van der Waals surface area (Å²) in [5, 5.41) is 6.87. The summed E-state index contributed by atoms with van der Waals surface area (Å²) in [6.45, 7) is 0. The van der Waals surface area contributed by atoms with Crippen LogP contribution in [0.15, 0.2) is 30.7 Å². The van der Waals surface area contributed by atoms with E-state index < -0.39 is 11.3 Å². The largest absolute Gasteiger partial charge is 0.424 e. The van der Waals surface area contributed by atoms with Crippen molar-refractivity contribution in [3.8, 4) is 0 Å². The highest BCUT2D eigenvalue weighted by atomic mass is 16.5. The summed E-state index contributed by atoms with van der Waals surface area (Å²) in [5.74, 6) is 0. The van der Waals surface area contributed by atoms with Crippen LogP contribution in [-0.4, -0.2) is 10.2 Å². The summed E-state index contributed by atoms with van der Waals surface area (Å²) < 4.78 is 8.99. The van der Waals surface area contributed by atoms with Gasteiger partial charge in [-0.3, -0.25) is 0 Å². The fourth-order valence-corrected chi connectivity index (χ4v) is 0.727. The Labute approximate surface area is 64.5 Å². The van der Waals surface area contributed by atoms with Crippen LogP contribution in [0.2, 0.25) is 0 Å². The lowest BCUT2D eigenvalue weighted by Gasteiger charge is -1.88. The molecule has 60 valence electrons. The Hall–Kier alpha value is -1.98. The van der Waals surface area contributed by atoms with E-state index in [0.717, 1.165) is 0 Å². The molecule has 0 aliphatic heterocycles. The van der Waals surface area contributed by atoms with Gasteiger partial charge in [-0.2, -0.15) is 5.10 Å². The van der Waals surface area contributed by atoms with E-state index in [0.29, 0.717) is 0 Å². The van der Waals surface area contributed by atoms with Crippen LogP contribution in [0, 0.1) is 0 Å². The van der Waals surface area contributed by atoms with Crippen molar-refractivity contribution >= 4 is 11.3 Å². The lowest BCUT2D eigenvalue weighted by Crippen LogP contribution is -2.21. The van der Waals surface area contributed by atoms with Crippen LogP contribution >= 0.6 is 0 Å². The molecule has 0 radical (unpaired) electrons. The molecule has 0 N–H and O–H groups in total. The topological polar surface area (TPSA) is 86.2 Å². The van der Waals surface area contributed by atoms with Gasteiger partial charge in [0, 0.05) is 6.07 Å². The molecule has 0 atom stereocenters. The van der Waals surface area contributed by atoms with Gasteiger partial charge in [0.2, 0.25) is 0 Å². The summed E-state index contributed by atoms with van der Waals surface area (Å²) in [7, 11) is 0. The highest BCUT2D eigenvalue weighted by Gasteiger charge is 2.03. The Morgan fingerprint density at radius 2 is 1.92 bits per heavy atom. The molecule has 0 aliphatic rings. The SMILES string of the molecule is O=c1oc2ccnnc2oc1=O. The van der Waals surface area contributed by atoms with E-state index in [-0.39, 0.29) is 11.3 Å². The van der Waals surface area contributed by atoms with Gasteiger partial charge in [-0.05, 0) is 0 Å². The van der Waals surface area contributed by atoms with Crippen molar-refractivity contribution in [2.24, 2.45) is 0 Å². The molecule has 2 heterocycles. The fourth-order valence-electron chi connectivity index (χ4n) is 0.727. The van der Waals surface area contributed by atoms with Crippen LogP contribution < -0.4 is 11.3 Å². The number of nitrogens with zero attached hydrogens (tertiary/aromatic N) is 2. The van der Waals surface area contributed by atoms with Crippen LogP contribution in [-0.2, 0) is 0 Å². The molecular formula is C6H2N2O4. The molecule has 0 bridgehead atoms. The van der Waals surface area contributed by atoms with Gasteiger partial charge in [-0.1, -0.05) is 0 Å². The smallest absolute Gasteiger partial charge is 0.412 e. The monoisotopic (exact) mass is 166 g/mol. The first-order valence-electron chi connectivity index (χ1n) is 3.03. The van der Waals surface area contributed by atoms with Gasteiger partial charge in [0.15, 0.2) is 5.58 Å². The molecule has 0 fully saturated rings. The zero-order valence-corrected chi connectivity index (χ0v) is 5.68. The fraction of sp³-hybridized carbons (Fsp3) is 0. The number of fused-ring (bicyclic) bond motifs is 1. The van der Waals surface area contributed by atoms with Crippen LogP contribution in [0.25, 0.3) is 11.3 Å². The molecule has 6 nitrogen and oxygen atoms in total. The van der Waals surface area contributed by atoms with E-state index in [1.54, 1.807) is 0 Å². The first kappa shape index (κ1) is 6.71. The van der Waals surface area contributed by atoms with Crippen molar-refractivity contribution in [1.82, 2.24) is 10.2 Å². The molecule has 6 heteroatoms. The molecule has 2 rings (SSSR count). The molecule has 2 aromatic rings. The van der Waals surface area contributed by atoms with Crippen LogP contribution in [0.1, 0.15) is 0 Å². The predicted molar refractivity (Wildman–Crippen MR) is 36.6 cm³/mol. The standard InChI is InChI=1S/C6H2N2O4/c9-5-6(10)12-4-3(11-5)1-2-7-8-4/h1-2H. The van der Waals surface area contributed by atoms with E-state index in [2.05, 4.69) is 19.0 Å². The summed E-state index contributed by atoms with van der Waals surface area (Å²) in [6.07, 6.45) is 1.32. The maximum Gasteiger partial charge on any atom is 0.424 e. The van der Waals surface area contributed by atoms with Crippen molar-refractivity contribution in [1.29, 1.82) is 0 Å². The molecule has 0 aliphatic carbocycles. The second-order valence-corrected chi connectivity index (χ2v) is 1.98. The van der Waals surface area contributed by atoms with E-state index in [4.69, 9.17) is 0 Å². The van der Waals surface area contributed by atoms with Gasteiger partial charge in [0.1, 0.15) is 0 Å². The van der Waals surface area contributed by atoms with Crippen molar-refractivity contribution < 1.29 is 8.83 Å². The summed E-state index contributed by atoms with van der Waals surface area (Å²) in [4.78, 5) is 21.2. The predicted octanol–water partition coefficient (Wildman–Crippen LogP) is -0.464.